The molecular formula is C11H11BrFNOS. The summed E-state index contributed by atoms with van der Waals surface area (Å²) >= 11 is 4.73. The molecule has 5 heteroatoms. The van der Waals surface area contributed by atoms with E-state index in [-0.39, 0.29) is 17.0 Å². The summed E-state index contributed by atoms with van der Waals surface area (Å²) in [6, 6.07) is 4.60. The third-order valence-electron chi connectivity index (χ3n) is 2.41. The molecule has 1 heterocycles. The van der Waals surface area contributed by atoms with E-state index in [2.05, 4.69) is 21.2 Å². The van der Waals surface area contributed by atoms with E-state index in [1.54, 1.807) is 23.9 Å². The zero-order valence-corrected chi connectivity index (χ0v) is 10.9. The van der Waals surface area contributed by atoms with Gasteiger partial charge >= 0.3 is 0 Å². The lowest BCUT2D eigenvalue weighted by Gasteiger charge is -2.10. The number of hydrogen-bond acceptors (Lipinski definition) is 2. The predicted molar refractivity (Wildman–Crippen MR) is 68.2 cm³/mol. The van der Waals surface area contributed by atoms with E-state index in [9.17, 15) is 9.18 Å². The maximum atomic E-state index is 13.2. The Morgan fingerprint density at radius 1 is 1.56 bits per heavy atom. The molecule has 1 aromatic rings. The van der Waals surface area contributed by atoms with E-state index >= 15 is 0 Å². The highest BCUT2D eigenvalue weighted by atomic mass is 79.9. The van der Waals surface area contributed by atoms with Gasteiger partial charge < -0.3 is 5.32 Å². The first-order valence-corrected chi connectivity index (χ1v) is 6.88. The van der Waals surface area contributed by atoms with Crippen molar-refractivity contribution < 1.29 is 9.18 Å². The van der Waals surface area contributed by atoms with Crippen LogP contribution < -0.4 is 5.32 Å². The quantitative estimate of drug-likeness (QED) is 0.907. The highest BCUT2D eigenvalue weighted by Crippen LogP contribution is 2.27. The zero-order valence-electron chi connectivity index (χ0n) is 8.50. The van der Waals surface area contributed by atoms with Gasteiger partial charge in [-0.15, -0.1) is 11.8 Å². The Bertz CT molecular complexity index is 407. The monoisotopic (exact) mass is 303 g/mol. The summed E-state index contributed by atoms with van der Waals surface area (Å²) in [4.78, 5) is 11.7. The van der Waals surface area contributed by atoms with Crippen molar-refractivity contribution in [3.63, 3.8) is 0 Å². The van der Waals surface area contributed by atoms with Crippen LogP contribution in [0.3, 0.4) is 0 Å². The lowest BCUT2D eigenvalue weighted by Crippen LogP contribution is -2.22. The van der Waals surface area contributed by atoms with Crippen LogP contribution in [0.1, 0.15) is 12.8 Å². The average Bonchev–Trinajstić information content (AvgIpc) is 2.77. The maximum absolute atomic E-state index is 13.2. The molecule has 2 nitrogen and oxygen atoms in total. The minimum Gasteiger partial charge on any atom is -0.325 e. The number of hydrogen-bond donors (Lipinski definition) is 1. The lowest BCUT2D eigenvalue weighted by atomic mass is 10.2. The van der Waals surface area contributed by atoms with Crippen molar-refractivity contribution in [1.29, 1.82) is 0 Å². The highest BCUT2D eigenvalue weighted by molar-refractivity contribution is 9.10. The molecule has 86 valence electrons. The van der Waals surface area contributed by atoms with Crippen molar-refractivity contribution in [3.05, 3.63) is 28.5 Å². The van der Waals surface area contributed by atoms with Crippen LogP contribution >= 0.6 is 27.7 Å². The van der Waals surface area contributed by atoms with Crippen molar-refractivity contribution in [2.75, 3.05) is 11.1 Å². The van der Waals surface area contributed by atoms with Gasteiger partial charge in [-0.25, -0.2) is 4.39 Å². The molecular weight excluding hydrogens is 293 g/mol. The number of thioether (sulfide) groups is 1. The maximum Gasteiger partial charge on any atom is 0.237 e. The fourth-order valence-electron chi connectivity index (χ4n) is 1.58. The molecule has 1 amide bonds. The van der Waals surface area contributed by atoms with Gasteiger partial charge in [-0.05, 0) is 52.7 Å². The molecule has 1 aromatic carbocycles. The van der Waals surface area contributed by atoms with Gasteiger partial charge in [0, 0.05) is 5.69 Å². The second kappa shape index (κ2) is 5.19. The van der Waals surface area contributed by atoms with Crippen LogP contribution in [0.4, 0.5) is 10.1 Å². The Morgan fingerprint density at radius 2 is 2.38 bits per heavy atom. The van der Waals surface area contributed by atoms with Crippen LogP contribution in [-0.2, 0) is 4.79 Å². The first-order valence-electron chi connectivity index (χ1n) is 5.04. The molecule has 0 aliphatic carbocycles. The Morgan fingerprint density at radius 3 is 3.00 bits per heavy atom. The largest absolute Gasteiger partial charge is 0.325 e. The van der Waals surface area contributed by atoms with Gasteiger partial charge in [0.25, 0.3) is 0 Å². The van der Waals surface area contributed by atoms with Gasteiger partial charge in [-0.1, -0.05) is 0 Å². The summed E-state index contributed by atoms with van der Waals surface area (Å²) in [5.41, 5.74) is 0.512. The fraction of sp³-hybridized carbons (Fsp3) is 0.364. The molecule has 2 rings (SSSR count). The summed E-state index contributed by atoms with van der Waals surface area (Å²) in [5.74, 6) is 0.647. The first kappa shape index (κ1) is 11.9. The molecule has 1 N–H and O–H groups in total. The molecule has 0 spiro atoms. The van der Waals surface area contributed by atoms with E-state index in [0.29, 0.717) is 10.2 Å². The predicted octanol–water partition coefficient (Wildman–Crippen LogP) is 3.42. The number of benzene rings is 1. The van der Waals surface area contributed by atoms with Crippen molar-refractivity contribution >= 4 is 39.3 Å². The second-order valence-electron chi connectivity index (χ2n) is 3.62. The van der Waals surface area contributed by atoms with Gasteiger partial charge in [0.05, 0.1) is 9.72 Å². The van der Waals surface area contributed by atoms with Crippen LogP contribution in [-0.4, -0.2) is 16.9 Å². The van der Waals surface area contributed by atoms with Crippen LogP contribution in [0, 0.1) is 5.82 Å². The van der Waals surface area contributed by atoms with E-state index in [4.69, 9.17) is 0 Å². The molecule has 1 saturated heterocycles. The molecule has 0 aromatic heterocycles. The number of anilines is 1. The molecule has 1 fully saturated rings. The summed E-state index contributed by atoms with van der Waals surface area (Å²) in [5, 5.41) is 2.75. The number of nitrogens with one attached hydrogen (secondary N) is 1. The molecule has 1 atom stereocenters. The standard InChI is InChI=1S/C11H11BrFNOS/c12-8-4-3-7(6-9(8)13)14-11(15)10-2-1-5-16-10/h3-4,6,10H,1-2,5H2,(H,14,15). The lowest BCUT2D eigenvalue weighted by molar-refractivity contribution is -0.115. The summed E-state index contributed by atoms with van der Waals surface area (Å²) in [6.45, 7) is 0. The van der Waals surface area contributed by atoms with E-state index < -0.39 is 0 Å². The number of halogens is 2. The number of carbonyl (C=O) groups is 1. The third-order valence-corrected chi connectivity index (χ3v) is 4.43. The summed E-state index contributed by atoms with van der Waals surface area (Å²) in [7, 11) is 0. The van der Waals surface area contributed by atoms with E-state index in [0.717, 1.165) is 18.6 Å². The minimum atomic E-state index is -0.364. The third kappa shape index (κ3) is 2.77. The zero-order chi connectivity index (χ0) is 11.5. The Balaban J connectivity index is 2.02. The van der Waals surface area contributed by atoms with Crippen LogP contribution in [0.5, 0.6) is 0 Å². The Hall–Kier alpha value is -0.550. The van der Waals surface area contributed by atoms with Crippen LogP contribution in [0.25, 0.3) is 0 Å². The second-order valence-corrected chi connectivity index (χ2v) is 5.78. The Kier molecular flexibility index (Phi) is 3.86. The first-order chi connectivity index (χ1) is 7.66. The molecule has 0 radical (unpaired) electrons. The molecule has 16 heavy (non-hydrogen) atoms. The van der Waals surface area contributed by atoms with Gasteiger partial charge in [-0.3, -0.25) is 4.79 Å². The smallest absolute Gasteiger partial charge is 0.237 e. The molecule has 1 unspecified atom stereocenters. The van der Waals surface area contributed by atoms with Gasteiger partial charge in [0.1, 0.15) is 5.82 Å². The molecule has 1 aliphatic heterocycles. The number of amides is 1. The minimum absolute atomic E-state index is 0.0201. The van der Waals surface area contributed by atoms with E-state index in [1.165, 1.54) is 6.07 Å². The normalized spacial score (nSPS) is 19.8. The van der Waals surface area contributed by atoms with Crippen LogP contribution in [0.15, 0.2) is 22.7 Å². The van der Waals surface area contributed by atoms with Gasteiger partial charge in [-0.2, -0.15) is 0 Å². The molecule has 0 bridgehead atoms. The summed E-state index contributed by atoms with van der Waals surface area (Å²) in [6.07, 6.45) is 1.99. The fourth-order valence-corrected chi connectivity index (χ4v) is 2.99. The molecule has 1 aliphatic rings. The van der Waals surface area contributed by atoms with Gasteiger partial charge in [0.15, 0.2) is 0 Å². The molecule has 0 saturated carbocycles. The van der Waals surface area contributed by atoms with Crippen molar-refractivity contribution in [2.45, 2.75) is 18.1 Å². The Labute approximate surface area is 106 Å². The topological polar surface area (TPSA) is 29.1 Å². The van der Waals surface area contributed by atoms with Crippen molar-refractivity contribution in [3.8, 4) is 0 Å². The van der Waals surface area contributed by atoms with Crippen LogP contribution in [0.2, 0.25) is 0 Å². The average molecular weight is 304 g/mol. The SMILES string of the molecule is O=C(Nc1ccc(Br)c(F)c1)C1CCCS1. The number of rotatable bonds is 2. The van der Waals surface area contributed by atoms with Crippen molar-refractivity contribution in [2.24, 2.45) is 0 Å². The highest BCUT2D eigenvalue weighted by Gasteiger charge is 2.23. The van der Waals surface area contributed by atoms with Crippen molar-refractivity contribution in [1.82, 2.24) is 0 Å². The number of carbonyl (C=O) groups excluding carboxylic acids is 1. The summed E-state index contributed by atoms with van der Waals surface area (Å²) < 4.78 is 13.6. The van der Waals surface area contributed by atoms with E-state index in [1.807, 2.05) is 0 Å². The van der Waals surface area contributed by atoms with Gasteiger partial charge in [0.2, 0.25) is 5.91 Å².